The number of hydrogen-bond acceptors (Lipinski definition) is 11. The van der Waals surface area contributed by atoms with Crippen molar-refractivity contribution in [2.75, 3.05) is 33.9 Å². The maximum Gasteiger partial charge on any atom is 0.490 e. The van der Waals surface area contributed by atoms with E-state index in [1.165, 1.54) is 5.56 Å². The molecule has 5 heterocycles. The van der Waals surface area contributed by atoms with Crippen molar-refractivity contribution in [3.05, 3.63) is 82.9 Å². The molecule has 2 aliphatic heterocycles. The lowest BCUT2D eigenvalue weighted by atomic mass is 9.93. The Kier molecular flexibility index (Phi) is 17.0. The summed E-state index contributed by atoms with van der Waals surface area (Å²) in [7, 11) is 0. The van der Waals surface area contributed by atoms with E-state index in [-0.39, 0.29) is 5.91 Å². The Morgan fingerprint density at radius 1 is 0.787 bits per heavy atom. The average molecular weight is 897 g/mol. The van der Waals surface area contributed by atoms with Crippen LogP contribution in [0.5, 0.6) is 0 Å². The van der Waals surface area contributed by atoms with Crippen molar-refractivity contribution in [2.24, 2.45) is 5.92 Å². The molecule has 0 atom stereocenters. The molecule has 6 N–H and O–H groups in total. The number of nitrogens with zero attached hydrogens (tertiary/aromatic N) is 5. The van der Waals surface area contributed by atoms with Gasteiger partial charge in [-0.1, -0.05) is 11.6 Å². The molecule has 0 aliphatic carbocycles. The van der Waals surface area contributed by atoms with Crippen molar-refractivity contribution in [1.82, 2.24) is 19.9 Å². The summed E-state index contributed by atoms with van der Waals surface area (Å²) in [5, 5.41) is 31.5. The zero-order chi connectivity index (χ0) is 45.7. The molecule has 0 spiro atoms. The summed E-state index contributed by atoms with van der Waals surface area (Å²) >= 11 is 6.39. The molecule has 1 amide bonds. The van der Waals surface area contributed by atoms with Crippen LogP contribution in [0.25, 0.3) is 0 Å². The van der Waals surface area contributed by atoms with Crippen LogP contribution in [0.3, 0.4) is 0 Å². The first-order chi connectivity index (χ1) is 28.3. The lowest BCUT2D eigenvalue weighted by Gasteiger charge is -2.32. The number of carbonyl (C=O) groups excluding carboxylic acids is 1. The number of carboxylic acids is 3. The Hall–Kier alpha value is -6.46. The number of alkyl halides is 9. The number of aliphatic carboxylic acids is 3. The van der Waals surface area contributed by atoms with Crippen LogP contribution in [0.15, 0.2) is 61.2 Å². The summed E-state index contributed by atoms with van der Waals surface area (Å²) in [6.07, 6.45) is -4.29. The second-order valence-electron chi connectivity index (χ2n) is 12.9. The third-order valence-corrected chi connectivity index (χ3v) is 8.44. The number of aryl methyl sites for hydroxylation is 3. The predicted molar refractivity (Wildman–Crippen MR) is 200 cm³/mol. The average Bonchev–Trinajstić information content (AvgIpc) is 3.16. The van der Waals surface area contributed by atoms with Gasteiger partial charge in [0.15, 0.2) is 5.82 Å². The van der Waals surface area contributed by atoms with Gasteiger partial charge in [-0.25, -0.2) is 24.4 Å². The molecule has 330 valence electrons. The number of carbonyl (C=O) groups is 4. The SMILES string of the molecule is Cc1ccnc(N2CCC(CC(=O)Nc3ccc4cc3CCc3cncc(c3)Nc3ncc(Cl)c(n3)N4)CC2)c1.O=C(O)C(F)(F)F.O=C(O)C(F)(F)F.O=C(O)C(F)(F)F. The molecule has 1 fully saturated rings. The van der Waals surface area contributed by atoms with E-state index in [2.05, 4.69) is 53.8 Å². The first-order valence-corrected chi connectivity index (χ1v) is 17.7. The molecular weight excluding hydrogens is 863 g/mol. The van der Waals surface area contributed by atoms with E-state index in [1.54, 1.807) is 12.4 Å². The molecule has 6 rings (SSSR count). The van der Waals surface area contributed by atoms with Crippen molar-refractivity contribution >= 4 is 70.1 Å². The van der Waals surface area contributed by atoms with Crippen molar-refractivity contribution in [3.63, 3.8) is 0 Å². The second kappa shape index (κ2) is 21.2. The monoisotopic (exact) mass is 896 g/mol. The van der Waals surface area contributed by atoms with Crippen LogP contribution in [0.4, 0.5) is 74.2 Å². The third kappa shape index (κ3) is 16.6. The lowest BCUT2D eigenvalue weighted by Crippen LogP contribution is -2.35. The van der Waals surface area contributed by atoms with Crippen LogP contribution in [0.2, 0.25) is 5.02 Å². The van der Waals surface area contributed by atoms with Crippen LogP contribution in [-0.2, 0) is 32.0 Å². The van der Waals surface area contributed by atoms with Crippen molar-refractivity contribution in [3.8, 4) is 0 Å². The van der Waals surface area contributed by atoms with Gasteiger partial charge in [-0.3, -0.25) is 9.78 Å². The highest BCUT2D eigenvalue weighted by atomic mass is 35.5. The van der Waals surface area contributed by atoms with E-state index in [0.29, 0.717) is 29.1 Å². The molecule has 6 bridgehead atoms. The number of hydrogen-bond donors (Lipinski definition) is 6. The molecule has 0 unspecified atom stereocenters. The van der Waals surface area contributed by atoms with Crippen LogP contribution >= 0.6 is 11.6 Å². The fourth-order valence-corrected chi connectivity index (χ4v) is 5.41. The highest BCUT2D eigenvalue weighted by molar-refractivity contribution is 6.32. The van der Waals surface area contributed by atoms with Crippen LogP contribution < -0.4 is 20.9 Å². The number of nitrogens with one attached hydrogen (secondary N) is 3. The molecular formula is C36H34ClF9N8O7. The number of carboxylic acid groups (broad SMARTS) is 3. The number of halogens is 10. The normalized spacial score (nSPS) is 13.8. The van der Waals surface area contributed by atoms with Crippen LogP contribution in [0.1, 0.15) is 36.0 Å². The van der Waals surface area contributed by atoms with Crippen molar-refractivity contribution < 1.29 is 74.0 Å². The summed E-state index contributed by atoms with van der Waals surface area (Å²) in [5.41, 5.74) is 5.77. The molecule has 25 heteroatoms. The Bertz CT molecular complexity index is 2110. The molecule has 3 aromatic heterocycles. The smallest absolute Gasteiger partial charge is 0.475 e. The standard InChI is InChI=1S/C30H31ClN8O.3C2HF3O2/c1-19-6-9-33-27(12-19)39-10-7-20(8-11-39)14-28(40)37-26-5-4-23-15-22(26)3-2-21-13-24(17-32-16-21)36-30-34-18-25(31)29(35-23)38-30;3*3-2(4,5)1(6)7/h4-6,9,12-13,15-18,20H,2-3,7-8,10-11,14H2,1H3,(H,37,40)(H2,34,35,36,38);3*(H,6,7). The summed E-state index contributed by atoms with van der Waals surface area (Å²) in [6.45, 7) is 3.91. The van der Waals surface area contributed by atoms with Gasteiger partial charge in [0.25, 0.3) is 0 Å². The van der Waals surface area contributed by atoms with E-state index >= 15 is 0 Å². The summed E-state index contributed by atoms with van der Waals surface area (Å²) < 4.78 is 95.2. The first-order valence-electron chi connectivity index (χ1n) is 17.3. The number of amides is 1. The zero-order valence-corrected chi connectivity index (χ0v) is 32.0. The fraction of sp³-hybridized carbons (Fsp3) is 0.333. The maximum absolute atomic E-state index is 13.2. The van der Waals surface area contributed by atoms with Gasteiger partial charge in [0.05, 0.1) is 18.1 Å². The highest BCUT2D eigenvalue weighted by Crippen LogP contribution is 2.30. The topological polar surface area (TPSA) is 220 Å². The van der Waals surface area contributed by atoms with Gasteiger partial charge >= 0.3 is 36.4 Å². The zero-order valence-electron chi connectivity index (χ0n) is 31.3. The number of piperidine rings is 1. The maximum atomic E-state index is 13.2. The number of anilines is 6. The minimum atomic E-state index is -5.08. The third-order valence-electron chi connectivity index (χ3n) is 8.16. The minimum absolute atomic E-state index is 0.0448. The van der Waals surface area contributed by atoms with E-state index in [1.807, 2.05) is 42.7 Å². The van der Waals surface area contributed by atoms with Crippen molar-refractivity contribution in [1.29, 1.82) is 0 Å². The van der Waals surface area contributed by atoms with E-state index in [0.717, 1.165) is 72.8 Å². The lowest BCUT2D eigenvalue weighted by molar-refractivity contribution is -0.193. The van der Waals surface area contributed by atoms with Gasteiger partial charge < -0.3 is 36.2 Å². The molecule has 1 aromatic carbocycles. The van der Waals surface area contributed by atoms with Gasteiger partial charge in [0, 0.05) is 43.3 Å². The molecule has 61 heavy (non-hydrogen) atoms. The molecule has 4 aromatic rings. The van der Waals surface area contributed by atoms with Crippen LogP contribution in [0, 0.1) is 12.8 Å². The predicted octanol–water partition coefficient (Wildman–Crippen LogP) is 7.96. The van der Waals surface area contributed by atoms with Gasteiger partial charge in [0.2, 0.25) is 11.9 Å². The number of pyridine rings is 2. The highest BCUT2D eigenvalue weighted by Gasteiger charge is 2.39. The first kappa shape index (κ1) is 48.9. The van der Waals surface area contributed by atoms with E-state index in [4.69, 9.17) is 41.3 Å². The second-order valence-corrected chi connectivity index (χ2v) is 13.3. The van der Waals surface area contributed by atoms with Crippen molar-refractivity contribution in [2.45, 2.75) is 57.6 Å². The minimum Gasteiger partial charge on any atom is -0.475 e. The number of aromatic nitrogens is 4. The Labute approximate surface area is 344 Å². The quantitative estimate of drug-likeness (QED) is 0.107. The number of fused-ring (bicyclic) bond motifs is 6. The van der Waals surface area contributed by atoms with E-state index in [9.17, 15) is 44.3 Å². The Morgan fingerprint density at radius 2 is 1.38 bits per heavy atom. The number of benzene rings is 1. The van der Waals surface area contributed by atoms with Gasteiger partial charge in [-0.05, 0) is 91.6 Å². The summed E-state index contributed by atoms with van der Waals surface area (Å²) in [6, 6.07) is 12.1. The molecule has 0 saturated carbocycles. The molecule has 2 aliphatic rings. The Balaban J connectivity index is 0.000000390. The Morgan fingerprint density at radius 3 is 1.93 bits per heavy atom. The summed E-state index contributed by atoms with van der Waals surface area (Å²) in [4.78, 5) is 59.9. The largest absolute Gasteiger partial charge is 0.490 e. The van der Waals surface area contributed by atoms with E-state index < -0.39 is 36.4 Å². The summed E-state index contributed by atoms with van der Waals surface area (Å²) in [5.74, 6) is -5.93. The van der Waals surface area contributed by atoms with Gasteiger partial charge in [0.1, 0.15) is 10.8 Å². The van der Waals surface area contributed by atoms with Crippen LogP contribution in [-0.4, -0.2) is 90.7 Å². The van der Waals surface area contributed by atoms with Gasteiger partial charge in [-0.2, -0.15) is 44.5 Å². The molecule has 15 nitrogen and oxygen atoms in total. The van der Waals surface area contributed by atoms with Gasteiger partial charge in [-0.15, -0.1) is 0 Å². The molecule has 0 radical (unpaired) electrons. The molecule has 1 saturated heterocycles. The number of rotatable bonds is 4. The fourth-order valence-electron chi connectivity index (χ4n) is 5.28.